The number of nitrogens with one attached hydrogen (secondary N) is 2. The molecule has 168 valence electrons. The molecule has 4 rings (SSSR count). The van der Waals surface area contributed by atoms with E-state index in [2.05, 4.69) is 15.6 Å². The third kappa shape index (κ3) is 4.55. The van der Waals surface area contributed by atoms with E-state index in [9.17, 15) is 14.0 Å². The highest BCUT2D eigenvalue weighted by Crippen LogP contribution is 2.28. The van der Waals surface area contributed by atoms with Gasteiger partial charge in [0.15, 0.2) is 0 Å². The van der Waals surface area contributed by atoms with Crippen molar-refractivity contribution in [3.8, 4) is 5.75 Å². The number of ether oxygens (including phenoxy) is 1. The second-order valence-corrected chi connectivity index (χ2v) is 7.41. The first-order chi connectivity index (χ1) is 16.0. The fraction of sp³-hybridized carbons (Fsp3) is 0.160. The fourth-order valence-electron chi connectivity index (χ4n) is 3.68. The van der Waals surface area contributed by atoms with Crippen molar-refractivity contribution in [1.29, 1.82) is 0 Å². The molecule has 33 heavy (non-hydrogen) atoms. The highest BCUT2D eigenvalue weighted by atomic mass is 19.1. The molecular weight excluding hydrogens is 423 g/mol. The molecule has 7 nitrogen and oxygen atoms in total. The molecule has 0 fully saturated rings. The predicted molar refractivity (Wildman–Crippen MR) is 124 cm³/mol. The molecule has 3 aromatic rings. The minimum Gasteiger partial charge on any atom is -0.496 e. The number of anilines is 1. The second kappa shape index (κ2) is 9.52. The van der Waals surface area contributed by atoms with Gasteiger partial charge in [-0.05, 0) is 24.3 Å². The van der Waals surface area contributed by atoms with Gasteiger partial charge < -0.3 is 20.3 Å². The van der Waals surface area contributed by atoms with Crippen LogP contribution in [0.3, 0.4) is 0 Å². The molecular formula is C25H23FN4O3. The maximum absolute atomic E-state index is 14.7. The summed E-state index contributed by atoms with van der Waals surface area (Å²) in [6.07, 6.45) is -1.24. The number of benzodiazepines with no additional fused rings is 1. The molecule has 0 saturated heterocycles. The van der Waals surface area contributed by atoms with Crippen molar-refractivity contribution < 1.29 is 18.7 Å². The Kier molecular flexibility index (Phi) is 6.35. The molecule has 1 heterocycles. The number of para-hydroxylation sites is 2. The molecule has 1 unspecified atom stereocenters. The number of carbonyl (C=O) groups is 2. The molecule has 0 spiro atoms. The first kappa shape index (κ1) is 22.0. The molecule has 3 aromatic carbocycles. The van der Waals surface area contributed by atoms with Gasteiger partial charge in [0.2, 0.25) is 6.17 Å². The molecule has 1 atom stereocenters. The van der Waals surface area contributed by atoms with E-state index >= 15 is 0 Å². The van der Waals surface area contributed by atoms with Gasteiger partial charge in [0.25, 0.3) is 5.91 Å². The number of halogens is 1. The summed E-state index contributed by atoms with van der Waals surface area (Å²) in [6, 6.07) is 20.0. The van der Waals surface area contributed by atoms with Crippen molar-refractivity contribution in [1.82, 2.24) is 10.6 Å². The van der Waals surface area contributed by atoms with Crippen molar-refractivity contribution in [2.45, 2.75) is 12.7 Å². The van der Waals surface area contributed by atoms with Gasteiger partial charge in [-0.25, -0.2) is 14.2 Å². The maximum atomic E-state index is 14.7. The smallest absolute Gasteiger partial charge is 0.317 e. The number of hydrogen-bond donors (Lipinski definition) is 2. The number of aliphatic imine (C=N–C) groups is 1. The second-order valence-electron chi connectivity index (χ2n) is 7.41. The zero-order chi connectivity index (χ0) is 23.4. The number of carbonyl (C=O) groups excluding carboxylic acids is 2. The minimum atomic E-state index is -1.24. The third-order valence-corrected chi connectivity index (χ3v) is 5.37. The summed E-state index contributed by atoms with van der Waals surface area (Å²) in [6.45, 7) is 0.191. The van der Waals surface area contributed by atoms with Gasteiger partial charge in [0.1, 0.15) is 11.6 Å². The van der Waals surface area contributed by atoms with Crippen molar-refractivity contribution in [2.24, 2.45) is 4.99 Å². The summed E-state index contributed by atoms with van der Waals surface area (Å²) in [5.74, 6) is -0.276. The van der Waals surface area contributed by atoms with Crippen LogP contribution in [-0.2, 0) is 11.3 Å². The average Bonchev–Trinajstić information content (AvgIpc) is 2.94. The predicted octanol–water partition coefficient (Wildman–Crippen LogP) is 3.47. The SMILES string of the molecule is COc1ccccc1CNC(=O)NC1N=C(c2ccccc2F)c2ccccc2N(C)C1=O. The van der Waals surface area contributed by atoms with E-state index in [0.717, 1.165) is 5.56 Å². The van der Waals surface area contributed by atoms with Crippen LogP contribution in [0.25, 0.3) is 0 Å². The van der Waals surface area contributed by atoms with Crippen LogP contribution in [0.4, 0.5) is 14.9 Å². The molecule has 0 aliphatic carbocycles. The topological polar surface area (TPSA) is 83.0 Å². The van der Waals surface area contributed by atoms with E-state index in [4.69, 9.17) is 4.74 Å². The Balaban J connectivity index is 1.63. The van der Waals surface area contributed by atoms with Crippen molar-refractivity contribution in [3.63, 3.8) is 0 Å². The Morgan fingerprint density at radius 2 is 1.70 bits per heavy atom. The quantitative estimate of drug-likeness (QED) is 0.630. The van der Waals surface area contributed by atoms with Crippen LogP contribution in [-0.4, -0.2) is 38.0 Å². The number of urea groups is 1. The first-order valence-corrected chi connectivity index (χ1v) is 10.4. The number of methoxy groups -OCH3 is 1. The lowest BCUT2D eigenvalue weighted by atomic mass is 10.00. The summed E-state index contributed by atoms with van der Waals surface area (Å²) in [5, 5.41) is 5.33. The Morgan fingerprint density at radius 3 is 2.45 bits per heavy atom. The normalized spacial score (nSPS) is 15.2. The zero-order valence-corrected chi connectivity index (χ0v) is 18.2. The highest BCUT2D eigenvalue weighted by molar-refractivity contribution is 6.20. The first-order valence-electron chi connectivity index (χ1n) is 10.4. The van der Waals surface area contributed by atoms with Crippen LogP contribution in [0, 0.1) is 5.82 Å². The van der Waals surface area contributed by atoms with Crippen LogP contribution in [0.2, 0.25) is 0 Å². The molecule has 1 aliphatic heterocycles. The van der Waals surface area contributed by atoms with Gasteiger partial charge in [-0.1, -0.05) is 48.5 Å². The number of rotatable bonds is 5. The van der Waals surface area contributed by atoms with Crippen LogP contribution in [0.5, 0.6) is 5.75 Å². The lowest BCUT2D eigenvalue weighted by Crippen LogP contribution is -2.49. The molecule has 0 bridgehead atoms. The molecule has 1 aliphatic rings. The van der Waals surface area contributed by atoms with Crippen LogP contribution >= 0.6 is 0 Å². The fourth-order valence-corrected chi connectivity index (χ4v) is 3.68. The Morgan fingerprint density at radius 1 is 1.03 bits per heavy atom. The molecule has 0 radical (unpaired) electrons. The number of benzene rings is 3. The van der Waals surface area contributed by atoms with E-state index in [-0.39, 0.29) is 17.8 Å². The third-order valence-electron chi connectivity index (χ3n) is 5.37. The van der Waals surface area contributed by atoms with E-state index in [1.807, 2.05) is 18.2 Å². The number of likely N-dealkylation sites (N-methyl/N-ethyl adjacent to an activating group) is 1. The van der Waals surface area contributed by atoms with E-state index in [0.29, 0.717) is 17.0 Å². The van der Waals surface area contributed by atoms with Gasteiger partial charge >= 0.3 is 6.03 Å². The monoisotopic (exact) mass is 446 g/mol. The molecule has 0 saturated carbocycles. The number of amides is 3. The van der Waals surface area contributed by atoms with Crippen molar-refractivity contribution >= 4 is 23.3 Å². The van der Waals surface area contributed by atoms with Crippen molar-refractivity contribution in [2.75, 3.05) is 19.1 Å². The van der Waals surface area contributed by atoms with E-state index < -0.39 is 23.9 Å². The van der Waals surface area contributed by atoms with Crippen LogP contribution in [0.15, 0.2) is 77.8 Å². The standard InChI is InChI=1S/C25H23FN4O3/c1-30-20-13-7-5-11-18(20)22(17-10-4-6-12-19(17)26)28-23(24(30)31)29-25(32)27-15-16-9-3-8-14-21(16)33-2/h3-14,23H,15H2,1-2H3,(H2,27,29,32). The average molecular weight is 446 g/mol. The van der Waals surface area contributed by atoms with Gasteiger partial charge in [-0.15, -0.1) is 0 Å². The lowest BCUT2D eigenvalue weighted by Gasteiger charge is -2.21. The van der Waals surface area contributed by atoms with Crippen LogP contribution < -0.4 is 20.3 Å². The number of hydrogen-bond acceptors (Lipinski definition) is 4. The summed E-state index contributed by atoms with van der Waals surface area (Å²) in [7, 11) is 3.15. The molecule has 0 aromatic heterocycles. The largest absolute Gasteiger partial charge is 0.496 e. The van der Waals surface area contributed by atoms with Gasteiger partial charge in [-0.3, -0.25) is 4.79 Å². The number of nitrogens with zero attached hydrogens (tertiary/aromatic N) is 2. The van der Waals surface area contributed by atoms with Crippen LogP contribution in [0.1, 0.15) is 16.7 Å². The van der Waals surface area contributed by atoms with Gasteiger partial charge in [0, 0.05) is 30.3 Å². The zero-order valence-electron chi connectivity index (χ0n) is 18.2. The Labute approximate surface area is 190 Å². The summed E-state index contributed by atoms with van der Waals surface area (Å²) in [4.78, 5) is 31.7. The summed E-state index contributed by atoms with van der Waals surface area (Å²) in [5.41, 5.74) is 2.48. The summed E-state index contributed by atoms with van der Waals surface area (Å²) >= 11 is 0. The number of fused-ring (bicyclic) bond motifs is 1. The highest BCUT2D eigenvalue weighted by Gasteiger charge is 2.31. The molecule has 8 heteroatoms. The minimum absolute atomic E-state index is 0.191. The Bertz CT molecular complexity index is 1230. The van der Waals surface area contributed by atoms with Crippen molar-refractivity contribution in [3.05, 3.63) is 95.3 Å². The van der Waals surface area contributed by atoms with E-state index in [1.54, 1.807) is 62.7 Å². The van der Waals surface area contributed by atoms with Gasteiger partial charge in [0.05, 0.1) is 18.5 Å². The summed E-state index contributed by atoms with van der Waals surface area (Å²) < 4.78 is 20.0. The molecule has 3 amide bonds. The Hall–Kier alpha value is -4.20. The maximum Gasteiger partial charge on any atom is 0.317 e. The molecule has 2 N–H and O–H groups in total. The van der Waals surface area contributed by atoms with Gasteiger partial charge in [-0.2, -0.15) is 0 Å². The lowest BCUT2D eigenvalue weighted by molar-refractivity contribution is -0.119. The van der Waals surface area contributed by atoms with E-state index in [1.165, 1.54) is 11.0 Å².